The van der Waals surface area contributed by atoms with Crippen LogP contribution in [0.15, 0.2) is 18.2 Å². The maximum Gasteiger partial charge on any atom is 0.394 e. The highest BCUT2D eigenvalue weighted by Crippen LogP contribution is 2.19. The number of halogens is 1. The summed E-state index contributed by atoms with van der Waals surface area (Å²) in [5.41, 5.74) is -0.620. The second kappa shape index (κ2) is 5.58. The van der Waals surface area contributed by atoms with Crippen LogP contribution in [0.25, 0.3) is 0 Å². The largest absolute Gasteiger partial charge is 0.474 e. The lowest BCUT2D eigenvalue weighted by Gasteiger charge is -2.07. The highest BCUT2D eigenvalue weighted by Gasteiger charge is 2.16. The summed E-state index contributed by atoms with van der Waals surface area (Å²) in [4.78, 5) is 42.3. The van der Waals surface area contributed by atoms with E-state index in [9.17, 15) is 23.6 Å². The highest BCUT2D eigenvalue weighted by molar-refractivity contribution is 6.37. The SMILES string of the molecule is O=C(O)C(=O)Nc1ccc(F)c(NC(=O)C(=O)O)c1. The summed E-state index contributed by atoms with van der Waals surface area (Å²) in [6.07, 6.45) is 0. The van der Waals surface area contributed by atoms with Crippen molar-refractivity contribution in [3.63, 3.8) is 0 Å². The van der Waals surface area contributed by atoms with Crippen LogP contribution in [0.4, 0.5) is 15.8 Å². The number of amides is 2. The van der Waals surface area contributed by atoms with Gasteiger partial charge in [-0.25, -0.2) is 14.0 Å². The van der Waals surface area contributed by atoms with Crippen molar-refractivity contribution in [3.8, 4) is 0 Å². The van der Waals surface area contributed by atoms with Gasteiger partial charge in [-0.05, 0) is 18.2 Å². The molecule has 0 bridgehead atoms. The lowest BCUT2D eigenvalue weighted by Crippen LogP contribution is -2.23. The normalized spacial score (nSPS) is 9.53. The van der Waals surface area contributed by atoms with Crippen LogP contribution < -0.4 is 10.6 Å². The molecule has 0 aromatic heterocycles. The Morgan fingerprint density at radius 2 is 1.47 bits per heavy atom. The molecule has 0 saturated heterocycles. The van der Waals surface area contributed by atoms with Gasteiger partial charge in [-0.15, -0.1) is 0 Å². The quantitative estimate of drug-likeness (QED) is 0.553. The summed E-state index contributed by atoms with van der Waals surface area (Å²) in [5, 5.41) is 20.3. The number of aliphatic carboxylic acids is 2. The van der Waals surface area contributed by atoms with Gasteiger partial charge >= 0.3 is 23.8 Å². The molecule has 0 aliphatic rings. The van der Waals surface area contributed by atoms with Gasteiger partial charge in [-0.2, -0.15) is 0 Å². The molecule has 0 aliphatic carbocycles. The molecule has 1 aromatic rings. The summed E-state index contributed by atoms with van der Waals surface area (Å²) < 4.78 is 13.3. The first-order chi connectivity index (χ1) is 8.81. The first-order valence-electron chi connectivity index (χ1n) is 4.69. The van der Waals surface area contributed by atoms with E-state index in [2.05, 4.69) is 0 Å². The molecule has 0 atom stereocenters. The number of benzene rings is 1. The molecular weight excluding hydrogens is 263 g/mol. The molecule has 0 fully saturated rings. The van der Waals surface area contributed by atoms with E-state index < -0.39 is 35.3 Å². The van der Waals surface area contributed by atoms with Gasteiger partial charge in [0.05, 0.1) is 5.69 Å². The number of carbonyl (C=O) groups excluding carboxylic acids is 2. The third-order valence-electron chi connectivity index (χ3n) is 1.86. The zero-order valence-corrected chi connectivity index (χ0v) is 9.14. The van der Waals surface area contributed by atoms with Gasteiger partial charge < -0.3 is 20.8 Å². The van der Waals surface area contributed by atoms with Crippen LogP contribution in [0.5, 0.6) is 0 Å². The summed E-state index contributed by atoms with van der Waals surface area (Å²) in [5.74, 6) is -7.34. The molecule has 100 valence electrons. The maximum atomic E-state index is 13.3. The lowest BCUT2D eigenvalue weighted by molar-refractivity contribution is -0.147. The molecule has 0 radical (unpaired) electrons. The molecule has 0 spiro atoms. The molecule has 0 saturated carbocycles. The second-order valence-corrected chi connectivity index (χ2v) is 3.21. The molecule has 1 rings (SSSR count). The molecule has 4 N–H and O–H groups in total. The van der Waals surface area contributed by atoms with Gasteiger partial charge in [0.25, 0.3) is 0 Å². The fourth-order valence-corrected chi connectivity index (χ4v) is 1.06. The van der Waals surface area contributed by atoms with E-state index >= 15 is 0 Å². The predicted octanol–water partition coefficient (Wildman–Crippen LogP) is -0.128. The van der Waals surface area contributed by atoms with Crippen LogP contribution in [-0.2, 0) is 19.2 Å². The summed E-state index contributed by atoms with van der Waals surface area (Å²) in [7, 11) is 0. The van der Waals surface area contributed by atoms with Gasteiger partial charge in [0.2, 0.25) is 0 Å². The molecule has 8 nitrogen and oxygen atoms in total. The van der Waals surface area contributed by atoms with Crippen molar-refractivity contribution in [1.82, 2.24) is 0 Å². The summed E-state index contributed by atoms with van der Waals surface area (Å²) in [6, 6.07) is 2.76. The Hall–Kier alpha value is -2.97. The maximum absolute atomic E-state index is 13.3. The topological polar surface area (TPSA) is 133 Å². The Bertz CT molecular complexity index is 571. The van der Waals surface area contributed by atoms with Crippen molar-refractivity contribution in [2.24, 2.45) is 0 Å². The Morgan fingerprint density at radius 1 is 0.947 bits per heavy atom. The molecular formula is C10H7FN2O6. The number of hydrogen-bond acceptors (Lipinski definition) is 4. The minimum absolute atomic E-state index is 0.116. The standard InChI is InChI=1S/C10H7FN2O6/c11-5-2-1-4(12-7(14)9(16)17)3-6(5)13-8(15)10(18)19/h1-3H,(H,12,14)(H,13,15)(H,16,17)(H,18,19). The van der Waals surface area contributed by atoms with Crippen LogP contribution in [0.1, 0.15) is 0 Å². The van der Waals surface area contributed by atoms with E-state index in [1.165, 1.54) is 0 Å². The van der Waals surface area contributed by atoms with E-state index in [0.29, 0.717) is 0 Å². The summed E-state index contributed by atoms with van der Waals surface area (Å²) in [6.45, 7) is 0. The van der Waals surface area contributed by atoms with Crippen LogP contribution in [-0.4, -0.2) is 34.0 Å². The monoisotopic (exact) mass is 270 g/mol. The average molecular weight is 270 g/mol. The first kappa shape index (κ1) is 14.1. The van der Waals surface area contributed by atoms with E-state index in [1.807, 2.05) is 5.32 Å². The molecule has 2 amide bonds. The Balaban J connectivity index is 2.94. The molecule has 0 aliphatic heterocycles. The molecule has 0 heterocycles. The van der Waals surface area contributed by atoms with Gasteiger partial charge in [-0.3, -0.25) is 9.59 Å². The van der Waals surface area contributed by atoms with Crippen molar-refractivity contribution >= 4 is 35.1 Å². The highest BCUT2D eigenvalue weighted by atomic mass is 19.1. The number of hydrogen-bond donors (Lipinski definition) is 4. The third-order valence-corrected chi connectivity index (χ3v) is 1.86. The predicted molar refractivity (Wildman–Crippen MR) is 58.9 cm³/mol. The fraction of sp³-hybridized carbons (Fsp3) is 0. The zero-order valence-electron chi connectivity index (χ0n) is 9.14. The van der Waals surface area contributed by atoms with Crippen LogP contribution in [0, 0.1) is 5.82 Å². The van der Waals surface area contributed by atoms with E-state index in [0.717, 1.165) is 18.2 Å². The van der Waals surface area contributed by atoms with Gasteiger partial charge in [0.15, 0.2) is 0 Å². The number of nitrogens with one attached hydrogen (secondary N) is 2. The molecule has 9 heteroatoms. The van der Waals surface area contributed by atoms with E-state index in [1.54, 1.807) is 5.32 Å². The van der Waals surface area contributed by atoms with E-state index in [4.69, 9.17) is 10.2 Å². The van der Waals surface area contributed by atoms with Crippen LogP contribution in [0.2, 0.25) is 0 Å². The minimum Gasteiger partial charge on any atom is -0.474 e. The van der Waals surface area contributed by atoms with Crippen molar-refractivity contribution in [2.75, 3.05) is 10.6 Å². The summed E-state index contributed by atoms with van der Waals surface area (Å²) >= 11 is 0. The number of carboxylic acid groups (broad SMARTS) is 2. The Morgan fingerprint density at radius 3 is 2.00 bits per heavy atom. The Kier molecular flexibility index (Phi) is 4.14. The van der Waals surface area contributed by atoms with Gasteiger partial charge in [0.1, 0.15) is 5.82 Å². The molecule has 1 aromatic carbocycles. The lowest BCUT2D eigenvalue weighted by atomic mass is 10.2. The van der Waals surface area contributed by atoms with Crippen molar-refractivity contribution in [1.29, 1.82) is 0 Å². The number of carboxylic acids is 2. The van der Waals surface area contributed by atoms with Crippen LogP contribution >= 0.6 is 0 Å². The number of rotatable bonds is 2. The first-order valence-corrected chi connectivity index (χ1v) is 4.69. The molecule has 19 heavy (non-hydrogen) atoms. The fourth-order valence-electron chi connectivity index (χ4n) is 1.06. The van der Waals surface area contributed by atoms with Gasteiger partial charge in [-0.1, -0.05) is 0 Å². The average Bonchev–Trinajstić information content (AvgIpc) is 2.32. The smallest absolute Gasteiger partial charge is 0.394 e. The second-order valence-electron chi connectivity index (χ2n) is 3.21. The number of carbonyl (C=O) groups is 4. The van der Waals surface area contributed by atoms with Crippen molar-refractivity contribution in [3.05, 3.63) is 24.0 Å². The molecule has 0 unspecified atom stereocenters. The van der Waals surface area contributed by atoms with Crippen LogP contribution in [0.3, 0.4) is 0 Å². The number of anilines is 2. The van der Waals surface area contributed by atoms with Crippen molar-refractivity contribution in [2.45, 2.75) is 0 Å². The minimum atomic E-state index is -1.82. The van der Waals surface area contributed by atoms with E-state index in [-0.39, 0.29) is 5.69 Å². The zero-order chi connectivity index (χ0) is 14.6. The third kappa shape index (κ3) is 3.77. The van der Waals surface area contributed by atoms with Gasteiger partial charge in [0, 0.05) is 5.69 Å². The van der Waals surface area contributed by atoms with Crippen molar-refractivity contribution < 1.29 is 33.8 Å². The Labute approximate surface area is 104 Å².